The van der Waals surface area contributed by atoms with E-state index in [-0.39, 0.29) is 11.9 Å². The minimum absolute atomic E-state index is 0.0244. The number of nitrogens with one attached hydrogen (secondary N) is 1. The third kappa shape index (κ3) is 4.12. The van der Waals surface area contributed by atoms with E-state index in [1.165, 1.54) is 6.42 Å². The number of hydrogen-bond acceptors (Lipinski definition) is 2. The first-order valence-electron chi connectivity index (χ1n) is 6.36. The standard InChI is InChI=1S/C13H26N2O/c1-9(2)7-11(14)12(16)15-10-5-6-13(3,4)8-10/h9-11H,5-8,14H2,1-4H3,(H,15,16). The van der Waals surface area contributed by atoms with Crippen molar-refractivity contribution in [1.29, 1.82) is 0 Å². The minimum Gasteiger partial charge on any atom is -0.352 e. The zero-order chi connectivity index (χ0) is 12.3. The predicted octanol–water partition coefficient (Wildman–Crippen LogP) is 2.05. The van der Waals surface area contributed by atoms with Crippen LogP contribution in [0.5, 0.6) is 0 Å². The Bertz CT molecular complexity index is 248. The Hall–Kier alpha value is -0.570. The largest absolute Gasteiger partial charge is 0.352 e. The number of nitrogens with two attached hydrogens (primary N) is 1. The highest BCUT2D eigenvalue weighted by atomic mass is 16.2. The van der Waals surface area contributed by atoms with Crippen molar-refractivity contribution in [3.63, 3.8) is 0 Å². The van der Waals surface area contributed by atoms with Crippen LogP contribution in [0.2, 0.25) is 0 Å². The van der Waals surface area contributed by atoms with E-state index in [0.717, 1.165) is 19.3 Å². The summed E-state index contributed by atoms with van der Waals surface area (Å²) in [7, 11) is 0. The second-order valence-corrected chi connectivity index (χ2v) is 6.35. The number of amides is 1. The fourth-order valence-electron chi connectivity index (χ4n) is 2.48. The molecule has 0 saturated heterocycles. The van der Waals surface area contributed by atoms with Gasteiger partial charge in [0.25, 0.3) is 0 Å². The first-order valence-corrected chi connectivity index (χ1v) is 6.36. The van der Waals surface area contributed by atoms with Crippen LogP contribution in [0.4, 0.5) is 0 Å². The minimum atomic E-state index is -0.344. The Morgan fingerprint density at radius 2 is 2.12 bits per heavy atom. The second-order valence-electron chi connectivity index (χ2n) is 6.35. The van der Waals surface area contributed by atoms with Gasteiger partial charge in [0.15, 0.2) is 0 Å². The molecule has 0 aromatic rings. The summed E-state index contributed by atoms with van der Waals surface area (Å²) in [5.41, 5.74) is 6.23. The highest BCUT2D eigenvalue weighted by Gasteiger charge is 2.32. The van der Waals surface area contributed by atoms with Crippen LogP contribution in [-0.2, 0) is 4.79 Å². The molecule has 0 radical (unpaired) electrons. The van der Waals surface area contributed by atoms with E-state index in [1.54, 1.807) is 0 Å². The molecule has 1 saturated carbocycles. The van der Waals surface area contributed by atoms with Gasteiger partial charge in [0.1, 0.15) is 0 Å². The van der Waals surface area contributed by atoms with Gasteiger partial charge in [-0.2, -0.15) is 0 Å². The molecular weight excluding hydrogens is 200 g/mol. The third-order valence-corrected chi connectivity index (χ3v) is 3.38. The molecule has 94 valence electrons. The van der Waals surface area contributed by atoms with Crippen molar-refractivity contribution < 1.29 is 4.79 Å². The van der Waals surface area contributed by atoms with E-state index >= 15 is 0 Å². The SMILES string of the molecule is CC(C)CC(N)C(=O)NC1CCC(C)(C)C1. The lowest BCUT2D eigenvalue weighted by atomic mass is 9.92. The maximum absolute atomic E-state index is 11.8. The zero-order valence-corrected chi connectivity index (χ0v) is 11.0. The summed E-state index contributed by atoms with van der Waals surface area (Å²) in [6.07, 6.45) is 4.12. The topological polar surface area (TPSA) is 55.1 Å². The molecule has 0 spiro atoms. The molecule has 1 amide bonds. The Labute approximate surface area is 99.2 Å². The molecule has 3 N–H and O–H groups in total. The van der Waals surface area contributed by atoms with Crippen LogP contribution in [0.25, 0.3) is 0 Å². The molecule has 2 atom stereocenters. The molecule has 0 aliphatic heterocycles. The first-order chi connectivity index (χ1) is 7.30. The summed E-state index contributed by atoms with van der Waals surface area (Å²) in [6.45, 7) is 8.69. The van der Waals surface area contributed by atoms with E-state index < -0.39 is 0 Å². The fourth-order valence-corrected chi connectivity index (χ4v) is 2.48. The van der Waals surface area contributed by atoms with Crippen LogP contribution in [0.3, 0.4) is 0 Å². The maximum Gasteiger partial charge on any atom is 0.237 e. The average molecular weight is 226 g/mol. The summed E-state index contributed by atoms with van der Waals surface area (Å²) < 4.78 is 0. The molecule has 0 bridgehead atoms. The van der Waals surface area contributed by atoms with Crippen LogP contribution in [0.15, 0.2) is 0 Å². The molecule has 1 aliphatic rings. The van der Waals surface area contributed by atoms with Crippen molar-refractivity contribution in [1.82, 2.24) is 5.32 Å². The van der Waals surface area contributed by atoms with Crippen LogP contribution in [-0.4, -0.2) is 18.0 Å². The van der Waals surface area contributed by atoms with Gasteiger partial charge in [-0.25, -0.2) is 0 Å². The van der Waals surface area contributed by atoms with E-state index in [0.29, 0.717) is 17.4 Å². The van der Waals surface area contributed by atoms with Gasteiger partial charge in [-0.15, -0.1) is 0 Å². The summed E-state index contributed by atoms with van der Waals surface area (Å²) in [5, 5.41) is 3.08. The lowest BCUT2D eigenvalue weighted by molar-refractivity contribution is -0.123. The Morgan fingerprint density at radius 3 is 2.56 bits per heavy atom. The van der Waals surface area contributed by atoms with Crippen molar-refractivity contribution >= 4 is 5.91 Å². The fraction of sp³-hybridized carbons (Fsp3) is 0.923. The molecule has 0 aromatic carbocycles. The molecule has 3 heteroatoms. The molecule has 2 unspecified atom stereocenters. The molecule has 3 nitrogen and oxygen atoms in total. The number of hydrogen-bond donors (Lipinski definition) is 2. The lowest BCUT2D eigenvalue weighted by Gasteiger charge is -2.20. The smallest absolute Gasteiger partial charge is 0.237 e. The summed E-state index contributed by atoms with van der Waals surface area (Å²) in [5.74, 6) is 0.497. The molecule has 0 aromatic heterocycles. The Morgan fingerprint density at radius 1 is 1.50 bits per heavy atom. The zero-order valence-electron chi connectivity index (χ0n) is 11.0. The van der Waals surface area contributed by atoms with Gasteiger partial charge in [-0.3, -0.25) is 4.79 Å². The molecule has 0 heterocycles. The van der Waals surface area contributed by atoms with E-state index in [4.69, 9.17) is 5.73 Å². The predicted molar refractivity (Wildman–Crippen MR) is 67.0 cm³/mol. The van der Waals surface area contributed by atoms with Crippen molar-refractivity contribution in [2.45, 2.75) is 65.5 Å². The van der Waals surface area contributed by atoms with Gasteiger partial charge in [-0.1, -0.05) is 27.7 Å². The highest BCUT2D eigenvalue weighted by Crippen LogP contribution is 2.36. The number of rotatable bonds is 4. The number of carbonyl (C=O) groups is 1. The van der Waals surface area contributed by atoms with Crippen LogP contribution >= 0.6 is 0 Å². The van der Waals surface area contributed by atoms with E-state index in [9.17, 15) is 4.79 Å². The van der Waals surface area contributed by atoms with Crippen LogP contribution in [0, 0.1) is 11.3 Å². The van der Waals surface area contributed by atoms with Crippen molar-refractivity contribution in [2.75, 3.05) is 0 Å². The Balaban J connectivity index is 2.35. The maximum atomic E-state index is 11.8. The quantitative estimate of drug-likeness (QED) is 0.771. The number of carbonyl (C=O) groups excluding carboxylic acids is 1. The summed E-state index contributed by atoms with van der Waals surface area (Å²) in [4.78, 5) is 11.8. The molecule has 1 fully saturated rings. The molecule has 16 heavy (non-hydrogen) atoms. The monoisotopic (exact) mass is 226 g/mol. The lowest BCUT2D eigenvalue weighted by Crippen LogP contribution is -2.45. The van der Waals surface area contributed by atoms with Gasteiger partial charge >= 0.3 is 0 Å². The van der Waals surface area contributed by atoms with Gasteiger partial charge in [0.2, 0.25) is 5.91 Å². The van der Waals surface area contributed by atoms with Gasteiger partial charge < -0.3 is 11.1 Å². The van der Waals surface area contributed by atoms with Crippen molar-refractivity contribution in [2.24, 2.45) is 17.1 Å². The third-order valence-electron chi connectivity index (χ3n) is 3.38. The van der Waals surface area contributed by atoms with Crippen molar-refractivity contribution in [3.05, 3.63) is 0 Å². The van der Waals surface area contributed by atoms with Gasteiger partial charge in [-0.05, 0) is 37.0 Å². The van der Waals surface area contributed by atoms with Gasteiger partial charge in [0.05, 0.1) is 6.04 Å². The van der Waals surface area contributed by atoms with E-state index in [1.807, 2.05) is 0 Å². The summed E-state index contributed by atoms with van der Waals surface area (Å²) in [6, 6.07) is -0.00979. The summed E-state index contributed by atoms with van der Waals surface area (Å²) >= 11 is 0. The average Bonchev–Trinajstić information content (AvgIpc) is 2.44. The van der Waals surface area contributed by atoms with Crippen molar-refractivity contribution in [3.8, 4) is 0 Å². The molecule has 1 rings (SSSR count). The highest BCUT2D eigenvalue weighted by molar-refractivity contribution is 5.81. The van der Waals surface area contributed by atoms with Gasteiger partial charge in [0, 0.05) is 6.04 Å². The van der Waals surface area contributed by atoms with Crippen LogP contribution < -0.4 is 11.1 Å². The molecule has 1 aliphatic carbocycles. The normalized spacial score (nSPS) is 25.8. The molecular formula is C13H26N2O. The van der Waals surface area contributed by atoms with Crippen LogP contribution in [0.1, 0.15) is 53.4 Å². The second kappa shape index (κ2) is 5.17. The first kappa shape index (κ1) is 13.5. The van der Waals surface area contributed by atoms with E-state index in [2.05, 4.69) is 33.0 Å². The Kier molecular flexibility index (Phi) is 4.36.